The molecule has 1 N–H and O–H groups in total. The SMILES string of the molecule is O=C(CN1CCC(c2ccccc2)CC1)NCc1csc(-c2cnccn2)n1. The number of carbonyl (C=O) groups is 1. The van der Waals surface area contributed by atoms with E-state index in [4.69, 9.17) is 0 Å². The molecule has 1 aliphatic rings. The van der Waals surface area contributed by atoms with Crippen LogP contribution in [0, 0.1) is 0 Å². The van der Waals surface area contributed by atoms with Crippen LogP contribution in [0.4, 0.5) is 0 Å². The molecule has 1 fully saturated rings. The van der Waals surface area contributed by atoms with Crippen molar-refractivity contribution in [2.75, 3.05) is 19.6 Å². The van der Waals surface area contributed by atoms with Crippen LogP contribution in [0.5, 0.6) is 0 Å². The number of nitrogens with one attached hydrogen (secondary N) is 1. The summed E-state index contributed by atoms with van der Waals surface area (Å²) >= 11 is 1.51. The van der Waals surface area contributed by atoms with Gasteiger partial charge in [-0.3, -0.25) is 19.7 Å². The summed E-state index contributed by atoms with van der Waals surface area (Å²) in [7, 11) is 0. The number of nitrogens with zero attached hydrogens (tertiary/aromatic N) is 4. The number of benzene rings is 1. The van der Waals surface area contributed by atoms with Crippen molar-refractivity contribution >= 4 is 17.2 Å². The van der Waals surface area contributed by atoms with Crippen molar-refractivity contribution in [3.05, 3.63) is 65.6 Å². The summed E-state index contributed by atoms with van der Waals surface area (Å²) in [5.74, 6) is 0.655. The maximum absolute atomic E-state index is 12.3. The molecule has 3 heterocycles. The maximum atomic E-state index is 12.3. The number of hydrogen-bond acceptors (Lipinski definition) is 6. The number of piperidine rings is 1. The molecule has 7 heteroatoms. The van der Waals surface area contributed by atoms with Crippen LogP contribution in [-0.2, 0) is 11.3 Å². The van der Waals surface area contributed by atoms with E-state index >= 15 is 0 Å². The molecule has 1 aliphatic heterocycles. The first kappa shape index (κ1) is 18.7. The van der Waals surface area contributed by atoms with Crippen molar-refractivity contribution < 1.29 is 4.79 Å². The number of carbonyl (C=O) groups excluding carboxylic acids is 1. The Morgan fingerprint density at radius 2 is 2.00 bits per heavy atom. The van der Waals surface area contributed by atoms with Gasteiger partial charge in [-0.25, -0.2) is 4.98 Å². The highest BCUT2D eigenvalue weighted by atomic mass is 32.1. The van der Waals surface area contributed by atoms with Gasteiger partial charge >= 0.3 is 0 Å². The summed E-state index contributed by atoms with van der Waals surface area (Å²) in [6.45, 7) is 2.81. The Morgan fingerprint density at radius 3 is 2.75 bits per heavy atom. The van der Waals surface area contributed by atoms with Gasteiger partial charge in [-0.1, -0.05) is 30.3 Å². The fraction of sp³-hybridized carbons (Fsp3) is 0.333. The molecule has 0 aliphatic carbocycles. The summed E-state index contributed by atoms with van der Waals surface area (Å²) in [6, 6.07) is 10.7. The molecule has 0 radical (unpaired) electrons. The van der Waals surface area contributed by atoms with E-state index in [2.05, 4.69) is 55.5 Å². The van der Waals surface area contributed by atoms with Crippen molar-refractivity contribution in [1.82, 2.24) is 25.2 Å². The van der Waals surface area contributed by atoms with Crippen molar-refractivity contribution in [3.63, 3.8) is 0 Å². The zero-order chi connectivity index (χ0) is 19.2. The minimum absolute atomic E-state index is 0.0483. The molecular formula is C21H23N5OS. The summed E-state index contributed by atoms with van der Waals surface area (Å²) in [6.07, 6.45) is 7.19. The summed E-state index contributed by atoms with van der Waals surface area (Å²) in [5.41, 5.74) is 3.02. The van der Waals surface area contributed by atoms with E-state index in [-0.39, 0.29) is 5.91 Å². The summed E-state index contributed by atoms with van der Waals surface area (Å²) in [4.78, 5) is 27.4. The zero-order valence-corrected chi connectivity index (χ0v) is 16.4. The van der Waals surface area contributed by atoms with Gasteiger partial charge in [-0.15, -0.1) is 11.3 Å². The van der Waals surface area contributed by atoms with Gasteiger partial charge < -0.3 is 5.32 Å². The molecule has 0 atom stereocenters. The number of likely N-dealkylation sites (tertiary alicyclic amines) is 1. The van der Waals surface area contributed by atoms with E-state index in [1.165, 1.54) is 16.9 Å². The molecule has 28 heavy (non-hydrogen) atoms. The maximum Gasteiger partial charge on any atom is 0.234 e. The third-order valence-corrected chi connectivity index (χ3v) is 5.94. The molecule has 1 saturated heterocycles. The lowest BCUT2D eigenvalue weighted by Crippen LogP contribution is -2.41. The number of aromatic nitrogens is 3. The van der Waals surface area contributed by atoms with Crippen LogP contribution in [0.3, 0.4) is 0 Å². The number of amides is 1. The fourth-order valence-electron chi connectivity index (χ4n) is 3.51. The second kappa shape index (κ2) is 9.03. The van der Waals surface area contributed by atoms with Gasteiger partial charge in [0.1, 0.15) is 10.7 Å². The average molecular weight is 394 g/mol. The molecule has 0 spiro atoms. The molecule has 0 unspecified atom stereocenters. The lowest BCUT2D eigenvalue weighted by Gasteiger charge is -2.31. The quantitative estimate of drug-likeness (QED) is 0.697. The van der Waals surface area contributed by atoms with E-state index in [0.29, 0.717) is 19.0 Å². The molecule has 6 nitrogen and oxygen atoms in total. The Morgan fingerprint density at radius 1 is 1.18 bits per heavy atom. The summed E-state index contributed by atoms with van der Waals surface area (Å²) in [5, 5.41) is 5.76. The number of rotatable bonds is 6. The Labute approximate surface area is 168 Å². The third-order valence-electron chi connectivity index (χ3n) is 5.03. The van der Waals surface area contributed by atoms with E-state index in [1.54, 1.807) is 18.6 Å². The highest BCUT2D eigenvalue weighted by Crippen LogP contribution is 2.27. The minimum Gasteiger partial charge on any atom is -0.349 e. The first-order valence-corrected chi connectivity index (χ1v) is 10.4. The molecule has 0 bridgehead atoms. The van der Waals surface area contributed by atoms with Gasteiger partial charge in [0.15, 0.2) is 0 Å². The second-order valence-corrected chi connectivity index (χ2v) is 7.83. The smallest absolute Gasteiger partial charge is 0.234 e. The normalized spacial score (nSPS) is 15.4. The second-order valence-electron chi connectivity index (χ2n) is 6.97. The Balaban J connectivity index is 1.22. The van der Waals surface area contributed by atoms with Crippen molar-refractivity contribution in [2.45, 2.75) is 25.3 Å². The lowest BCUT2D eigenvalue weighted by atomic mass is 9.89. The van der Waals surface area contributed by atoms with Gasteiger partial charge in [-0.2, -0.15) is 0 Å². The van der Waals surface area contributed by atoms with Crippen LogP contribution in [0.1, 0.15) is 30.0 Å². The van der Waals surface area contributed by atoms with Gasteiger partial charge in [0, 0.05) is 17.8 Å². The molecule has 2 aromatic heterocycles. The predicted octanol–water partition coefficient (Wildman–Crippen LogP) is 3.10. The number of hydrogen-bond donors (Lipinski definition) is 1. The Kier molecular flexibility index (Phi) is 6.04. The molecule has 1 aromatic carbocycles. The lowest BCUT2D eigenvalue weighted by molar-refractivity contribution is -0.122. The van der Waals surface area contributed by atoms with Crippen LogP contribution in [0.15, 0.2) is 54.3 Å². The van der Waals surface area contributed by atoms with Crippen molar-refractivity contribution in [3.8, 4) is 10.7 Å². The fourth-order valence-corrected chi connectivity index (χ4v) is 4.29. The van der Waals surface area contributed by atoms with Gasteiger partial charge in [0.25, 0.3) is 0 Å². The highest BCUT2D eigenvalue weighted by molar-refractivity contribution is 7.13. The van der Waals surface area contributed by atoms with Crippen LogP contribution >= 0.6 is 11.3 Å². The van der Waals surface area contributed by atoms with E-state index in [1.807, 2.05) is 5.38 Å². The highest BCUT2D eigenvalue weighted by Gasteiger charge is 2.21. The first-order chi connectivity index (χ1) is 13.8. The first-order valence-electron chi connectivity index (χ1n) is 9.53. The topological polar surface area (TPSA) is 71.0 Å². The molecule has 4 rings (SSSR count). The zero-order valence-electron chi connectivity index (χ0n) is 15.6. The molecule has 3 aromatic rings. The largest absolute Gasteiger partial charge is 0.349 e. The standard InChI is InChI=1S/C21H23N5OS/c27-20(14-26-10-6-17(7-11-26)16-4-2-1-3-5-16)24-12-18-15-28-21(25-18)19-13-22-8-9-23-19/h1-5,8-9,13,15,17H,6-7,10-12,14H2,(H,24,27). The minimum atomic E-state index is 0.0483. The van der Waals surface area contributed by atoms with Crippen molar-refractivity contribution in [1.29, 1.82) is 0 Å². The Bertz CT molecular complexity index is 891. The van der Waals surface area contributed by atoms with E-state index in [0.717, 1.165) is 42.3 Å². The summed E-state index contributed by atoms with van der Waals surface area (Å²) < 4.78 is 0. The van der Waals surface area contributed by atoms with Crippen molar-refractivity contribution in [2.24, 2.45) is 0 Å². The average Bonchev–Trinajstić information content (AvgIpc) is 3.23. The Hall–Kier alpha value is -2.64. The molecule has 0 saturated carbocycles. The van der Waals surface area contributed by atoms with Crippen LogP contribution in [0.2, 0.25) is 0 Å². The monoisotopic (exact) mass is 393 g/mol. The van der Waals surface area contributed by atoms with Gasteiger partial charge in [0.2, 0.25) is 5.91 Å². The van der Waals surface area contributed by atoms with Crippen LogP contribution < -0.4 is 5.32 Å². The predicted molar refractivity (Wildman–Crippen MR) is 110 cm³/mol. The molecular weight excluding hydrogens is 370 g/mol. The van der Waals surface area contributed by atoms with Crippen LogP contribution in [-0.4, -0.2) is 45.4 Å². The molecule has 144 valence electrons. The van der Waals surface area contributed by atoms with E-state index in [9.17, 15) is 4.79 Å². The molecule has 1 amide bonds. The van der Waals surface area contributed by atoms with Gasteiger partial charge in [-0.05, 0) is 37.4 Å². The number of thiazole rings is 1. The van der Waals surface area contributed by atoms with E-state index < -0.39 is 0 Å². The third kappa shape index (κ3) is 4.79. The van der Waals surface area contributed by atoms with Crippen LogP contribution in [0.25, 0.3) is 10.7 Å². The van der Waals surface area contributed by atoms with Gasteiger partial charge in [0.05, 0.1) is 25.0 Å².